The smallest absolute Gasteiger partial charge is 0.350 e. The fourth-order valence-electron chi connectivity index (χ4n) is 2.96. The van der Waals surface area contributed by atoms with Gasteiger partial charge in [0.05, 0.1) is 24.7 Å². The first-order chi connectivity index (χ1) is 16.6. The molecule has 0 saturated carbocycles. The summed E-state index contributed by atoms with van der Waals surface area (Å²) in [7, 11) is -3.90. The molecule has 0 aliphatic carbocycles. The lowest BCUT2D eigenvalue weighted by atomic mass is 10.1. The number of amides is 1. The van der Waals surface area contributed by atoms with Crippen LogP contribution in [0.2, 0.25) is 0 Å². The molecule has 0 aliphatic rings. The highest BCUT2D eigenvalue weighted by molar-refractivity contribution is 7.53. The number of aliphatic hydroxyl groups excluding tert-OH is 1. The first kappa shape index (κ1) is 27.9. The van der Waals surface area contributed by atoms with E-state index in [1.165, 1.54) is 31.3 Å². The van der Waals surface area contributed by atoms with Crippen LogP contribution in [0.4, 0.5) is 5.69 Å². The summed E-state index contributed by atoms with van der Waals surface area (Å²) in [5.74, 6) is -0.658. The zero-order valence-electron chi connectivity index (χ0n) is 19.1. The zero-order valence-corrected chi connectivity index (χ0v) is 20.0. The van der Waals surface area contributed by atoms with Crippen LogP contribution in [0.15, 0.2) is 52.7 Å². The van der Waals surface area contributed by atoms with E-state index in [1.54, 1.807) is 12.1 Å². The van der Waals surface area contributed by atoms with E-state index < -0.39 is 49.1 Å². The summed E-state index contributed by atoms with van der Waals surface area (Å²) in [5, 5.41) is 20.2. The average molecular weight is 510 g/mol. The van der Waals surface area contributed by atoms with Crippen LogP contribution in [0.25, 0.3) is 0 Å². The predicted molar refractivity (Wildman–Crippen MR) is 126 cm³/mol. The Bertz CT molecular complexity index is 1210. The molecule has 0 bridgehead atoms. The second-order valence-electron chi connectivity index (χ2n) is 7.42. The molecule has 0 spiro atoms. The number of aryl methyl sites for hydroxylation is 1. The molecule has 2 aromatic rings. The second kappa shape index (κ2) is 12.9. The molecule has 0 aliphatic heterocycles. The lowest BCUT2D eigenvalue weighted by Crippen LogP contribution is -2.40. The number of nitrogens with zero attached hydrogens (tertiary/aromatic N) is 3. The highest BCUT2D eigenvalue weighted by atomic mass is 31.2. The van der Waals surface area contributed by atoms with Gasteiger partial charge >= 0.3 is 13.3 Å². The number of benzene rings is 1. The van der Waals surface area contributed by atoms with Crippen molar-refractivity contribution in [3.63, 3.8) is 0 Å². The number of aliphatic hydroxyl groups is 1. The normalized spacial score (nSPS) is 12.6. The fourth-order valence-corrected chi connectivity index (χ4v) is 4.61. The molecule has 1 heterocycles. The van der Waals surface area contributed by atoms with Crippen molar-refractivity contribution < 1.29 is 28.4 Å². The van der Waals surface area contributed by atoms with Gasteiger partial charge < -0.3 is 19.1 Å². The number of nitro benzene ring substituents is 1. The largest absolute Gasteiger partial charge is 0.395 e. The van der Waals surface area contributed by atoms with Crippen molar-refractivity contribution in [1.82, 2.24) is 14.5 Å². The minimum Gasteiger partial charge on any atom is -0.395 e. The number of H-pyrrole nitrogens is 1. The molecule has 1 unspecified atom stereocenters. The molecule has 0 radical (unpaired) electrons. The molecule has 2 rings (SSSR count). The van der Waals surface area contributed by atoms with Crippen LogP contribution < -0.4 is 11.2 Å². The van der Waals surface area contributed by atoms with Gasteiger partial charge in [-0.1, -0.05) is 18.2 Å². The van der Waals surface area contributed by atoms with E-state index in [4.69, 9.17) is 9.05 Å². The average Bonchev–Trinajstić information content (AvgIpc) is 2.81. The Morgan fingerprint density at radius 1 is 1.31 bits per heavy atom. The van der Waals surface area contributed by atoms with Gasteiger partial charge in [-0.3, -0.25) is 33.8 Å². The fraction of sp³-hybridized carbons (Fsp3) is 0.381. The molecule has 0 saturated heterocycles. The summed E-state index contributed by atoms with van der Waals surface area (Å²) in [5.41, 5.74) is -0.509. The molecule has 35 heavy (non-hydrogen) atoms. The first-order valence-corrected chi connectivity index (χ1v) is 12.2. The number of non-ortho nitro benzene ring substituents is 1. The van der Waals surface area contributed by atoms with Crippen LogP contribution in [0.3, 0.4) is 0 Å². The molecule has 2 N–H and O–H groups in total. The van der Waals surface area contributed by atoms with E-state index >= 15 is 0 Å². The van der Waals surface area contributed by atoms with E-state index in [1.807, 2.05) is 0 Å². The molecule has 190 valence electrons. The van der Waals surface area contributed by atoms with Crippen molar-refractivity contribution in [2.45, 2.75) is 19.9 Å². The molecule has 13 nitrogen and oxygen atoms in total. The van der Waals surface area contributed by atoms with Gasteiger partial charge in [-0.2, -0.15) is 0 Å². The maximum Gasteiger partial charge on any atom is 0.350 e. The van der Waals surface area contributed by atoms with Gasteiger partial charge in [-0.15, -0.1) is 6.58 Å². The number of carbonyl (C=O) groups is 1. The Morgan fingerprint density at radius 3 is 2.60 bits per heavy atom. The Kier molecular flexibility index (Phi) is 10.3. The number of aromatic nitrogens is 2. The van der Waals surface area contributed by atoms with Gasteiger partial charge in [0.15, 0.2) is 0 Å². The predicted octanol–water partition coefficient (Wildman–Crippen LogP) is 1.19. The minimum atomic E-state index is -3.90. The highest BCUT2D eigenvalue weighted by Crippen LogP contribution is 2.48. The first-order valence-electron chi connectivity index (χ1n) is 10.5. The van der Waals surface area contributed by atoms with E-state index in [-0.39, 0.29) is 37.4 Å². The molecule has 0 fully saturated rings. The molecular weight excluding hydrogens is 483 g/mol. The van der Waals surface area contributed by atoms with E-state index in [2.05, 4.69) is 11.6 Å². The van der Waals surface area contributed by atoms with Gasteiger partial charge in [0.25, 0.3) is 11.2 Å². The van der Waals surface area contributed by atoms with Crippen molar-refractivity contribution in [3.05, 3.63) is 85.2 Å². The van der Waals surface area contributed by atoms with E-state index in [0.717, 1.165) is 9.47 Å². The number of rotatable bonds is 14. The summed E-state index contributed by atoms with van der Waals surface area (Å²) >= 11 is 0. The summed E-state index contributed by atoms with van der Waals surface area (Å²) in [4.78, 5) is 49.8. The number of nitro groups is 1. The number of nitrogens with one attached hydrogen (secondary N) is 1. The van der Waals surface area contributed by atoms with Crippen LogP contribution in [-0.2, 0) is 31.4 Å². The number of hydrogen-bond acceptors (Lipinski definition) is 9. The van der Waals surface area contributed by atoms with Crippen LogP contribution in [-0.4, -0.2) is 63.0 Å². The zero-order chi connectivity index (χ0) is 26.0. The van der Waals surface area contributed by atoms with Gasteiger partial charge in [-0.25, -0.2) is 4.79 Å². The third-order valence-corrected chi connectivity index (χ3v) is 6.58. The van der Waals surface area contributed by atoms with Gasteiger partial charge in [0, 0.05) is 30.4 Å². The number of aromatic amines is 1. The Hall–Kier alpha value is -3.38. The maximum atomic E-state index is 13.3. The summed E-state index contributed by atoms with van der Waals surface area (Å²) in [6.07, 6.45) is 2.34. The van der Waals surface area contributed by atoms with Crippen LogP contribution in [0.5, 0.6) is 0 Å². The summed E-state index contributed by atoms with van der Waals surface area (Å²) in [6.45, 7) is 3.64. The monoisotopic (exact) mass is 510 g/mol. The van der Waals surface area contributed by atoms with E-state index in [9.17, 15) is 34.2 Å². The summed E-state index contributed by atoms with van der Waals surface area (Å²) in [6, 6.07) is 5.77. The quantitative estimate of drug-likeness (QED) is 0.164. The van der Waals surface area contributed by atoms with E-state index in [0.29, 0.717) is 5.56 Å². The lowest BCUT2D eigenvalue weighted by molar-refractivity contribution is -0.384. The minimum absolute atomic E-state index is 0.0652. The van der Waals surface area contributed by atoms with Crippen LogP contribution in [0, 0.1) is 17.0 Å². The maximum absolute atomic E-state index is 13.3. The number of carbonyl (C=O) groups excluding carboxylic acids is 1. The Morgan fingerprint density at radius 2 is 2.00 bits per heavy atom. The van der Waals surface area contributed by atoms with Crippen molar-refractivity contribution in [1.29, 1.82) is 0 Å². The summed E-state index contributed by atoms with van der Waals surface area (Å²) < 4.78 is 25.2. The highest BCUT2D eigenvalue weighted by Gasteiger charge is 2.30. The molecular formula is C21H27N4O9P. The topological polar surface area (TPSA) is 174 Å². The molecule has 1 aromatic heterocycles. The van der Waals surface area contributed by atoms with Crippen molar-refractivity contribution in [2.24, 2.45) is 0 Å². The lowest BCUT2D eigenvalue weighted by Gasteiger charge is -2.27. The Labute approximate surface area is 200 Å². The van der Waals surface area contributed by atoms with Gasteiger partial charge in [-0.05, 0) is 18.9 Å². The number of hydrogen-bond donors (Lipinski definition) is 2. The third-order valence-electron chi connectivity index (χ3n) is 4.78. The Balaban J connectivity index is 2.12. The molecule has 1 amide bonds. The van der Waals surface area contributed by atoms with Crippen LogP contribution in [0.1, 0.15) is 11.1 Å². The van der Waals surface area contributed by atoms with Crippen LogP contribution >= 0.6 is 7.60 Å². The van der Waals surface area contributed by atoms with Gasteiger partial charge in [0.2, 0.25) is 5.91 Å². The molecule has 14 heteroatoms. The molecule has 1 aromatic carbocycles. The second-order valence-corrected chi connectivity index (χ2v) is 9.44. The SMILES string of the molecule is C=CCOP(=O)(CN(CCO)C(=O)Cn1cc(C)c(=O)[nH]c1=O)OCCc1ccc([N+](=O)[O-])cc1. The molecule has 1 atom stereocenters. The van der Waals surface area contributed by atoms with Crippen molar-refractivity contribution in [3.8, 4) is 0 Å². The van der Waals surface area contributed by atoms with Crippen molar-refractivity contribution in [2.75, 3.05) is 32.7 Å². The van der Waals surface area contributed by atoms with Crippen molar-refractivity contribution >= 4 is 19.2 Å². The third kappa shape index (κ3) is 8.41. The van der Waals surface area contributed by atoms with Gasteiger partial charge in [0.1, 0.15) is 12.8 Å². The standard InChI is InChI=1S/C21H27N4O9P/c1-3-11-33-35(32,34-12-8-17-4-6-18(7-5-17)25(30)31)15-23(9-10-26)19(27)14-24-13-16(2)20(28)22-21(24)29/h3-7,13,26H,1,8-12,14-15H2,2H3,(H,22,28,29).